The number of aryl methyl sites for hydroxylation is 2. The summed E-state index contributed by atoms with van der Waals surface area (Å²) in [4.78, 5) is 2.44. The minimum atomic E-state index is 0. The molecule has 5 aromatic rings. The van der Waals surface area contributed by atoms with Crippen LogP contribution in [0.25, 0.3) is 22.0 Å². The largest absolute Gasteiger partial charge is 1.00 e. The monoisotopic (exact) mass is 682 g/mol. The van der Waals surface area contributed by atoms with Crippen LogP contribution in [0.2, 0.25) is 0 Å². The van der Waals surface area contributed by atoms with Gasteiger partial charge in [0.25, 0.3) is 0 Å². The van der Waals surface area contributed by atoms with E-state index in [2.05, 4.69) is 45.9 Å². The smallest absolute Gasteiger partial charge is 0.231 e. The molecule has 1 unspecified atom stereocenters. The number of fused-ring (bicyclic) bond motifs is 10. The van der Waals surface area contributed by atoms with Crippen LogP contribution < -0.4 is 45.4 Å². The van der Waals surface area contributed by atoms with Crippen molar-refractivity contribution in [3.63, 3.8) is 0 Å². The third-order valence-corrected chi connectivity index (χ3v) is 10.3. The van der Waals surface area contributed by atoms with E-state index in [1.54, 1.807) is 20.3 Å². The fraction of sp³-hybridized carbons (Fsp3) is 0.289. The second kappa shape index (κ2) is 12.1. The zero-order valence-corrected chi connectivity index (χ0v) is 27.9. The van der Waals surface area contributed by atoms with Crippen LogP contribution >= 0.6 is 0 Å². The number of ether oxygens (including phenoxy) is 6. The Labute approximate surface area is 289 Å². The maximum atomic E-state index is 10.5. The van der Waals surface area contributed by atoms with Gasteiger partial charge >= 0.3 is 0 Å². The molecule has 1 atom stereocenters. The highest BCUT2D eigenvalue weighted by Crippen LogP contribution is 2.46. The van der Waals surface area contributed by atoms with Crippen LogP contribution in [0.1, 0.15) is 33.9 Å². The summed E-state index contributed by atoms with van der Waals surface area (Å²) in [6.07, 6.45) is 4.79. The number of phenolic OH excluding ortho intramolecular Hbond substituents is 2. The van der Waals surface area contributed by atoms with E-state index in [1.165, 1.54) is 22.3 Å². The number of nitrogens with zero attached hydrogens (tertiary/aromatic N) is 2. The summed E-state index contributed by atoms with van der Waals surface area (Å²) in [5.74, 6) is 4.83. The van der Waals surface area contributed by atoms with Gasteiger partial charge in [-0.3, -0.25) is 4.90 Å². The molecule has 5 aliphatic rings. The summed E-state index contributed by atoms with van der Waals surface area (Å²) in [5.41, 5.74) is 8.40. The molecule has 49 heavy (non-hydrogen) atoms. The first-order chi connectivity index (χ1) is 23.5. The van der Waals surface area contributed by atoms with Crippen molar-refractivity contribution >= 4 is 10.8 Å². The van der Waals surface area contributed by atoms with Gasteiger partial charge in [0.15, 0.2) is 58.7 Å². The highest BCUT2D eigenvalue weighted by atomic mass is 35.5. The topological polar surface area (TPSA) is 103 Å². The second-order valence-electron chi connectivity index (χ2n) is 12.7. The Balaban J connectivity index is 0.000000139. The summed E-state index contributed by atoms with van der Waals surface area (Å²) >= 11 is 0. The van der Waals surface area contributed by atoms with Crippen molar-refractivity contribution in [3.8, 4) is 57.3 Å². The number of halogens is 1. The summed E-state index contributed by atoms with van der Waals surface area (Å²) in [7, 11) is 3.15. The average Bonchev–Trinajstić information content (AvgIpc) is 3.78. The van der Waals surface area contributed by atoms with E-state index in [-0.39, 0.29) is 30.7 Å². The Kier molecular flexibility index (Phi) is 7.72. The van der Waals surface area contributed by atoms with E-state index < -0.39 is 0 Å². The lowest BCUT2D eigenvalue weighted by molar-refractivity contribution is -0.686. The minimum Gasteiger partial charge on any atom is -1.00 e. The minimum absolute atomic E-state index is 0. The third kappa shape index (κ3) is 5.09. The van der Waals surface area contributed by atoms with E-state index in [0.717, 1.165) is 89.5 Å². The molecule has 6 heterocycles. The molecule has 11 heteroatoms. The van der Waals surface area contributed by atoms with Crippen LogP contribution in [0.15, 0.2) is 60.8 Å². The van der Waals surface area contributed by atoms with Crippen molar-refractivity contribution in [2.24, 2.45) is 0 Å². The molecule has 2 N–H and O–H groups in total. The molecule has 1 aromatic heterocycles. The molecule has 10 rings (SSSR count). The van der Waals surface area contributed by atoms with E-state index in [4.69, 9.17) is 28.4 Å². The van der Waals surface area contributed by atoms with Crippen molar-refractivity contribution in [3.05, 3.63) is 88.6 Å². The lowest BCUT2D eigenvalue weighted by Gasteiger charge is -2.41. The normalized spacial score (nSPS) is 17.3. The molecule has 0 saturated heterocycles. The standard InChI is InChI=1S/C19H19NO4.C19H15NO4.ClH/c2*1-22-16-3-2-11-6-15-13-8-18-17(23-10-24-18)7-12(13)4-5-20(15)9-14(11)19(16)21;/h2-3,7-8,15,21H,4-6,9-10H2,1H3;2-3,6-9H,4-5,10H2,1H3;1H. The molecular formula is C38H35ClN2O8. The summed E-state index contributed by atoms with van der Waals surface area (Å²) in [5, 5.41) is 22.6. The first-order valence-corrected chi connectivity index (χ1v) is 16.2. The highest BCUT2D eigenvalue weighted by Gasteiger charge is 2.35. The Hall–Kier alpha value is -5.06. The lowest BCUT2D eigenvalue weighted by Crippen LogP contribution is -3.00. The van der Waals surface area contributed by atoms with Crippen LogP contribution in [-0.2, 0) is 32.4 Å². The maximum absolute atomic E-state index is 10.5. The van der Waals surface area contributed by atoms with Gasteiger partial charge in [-0.1, -0.05) is 6.07 Å². The molecule has 0 fully saturated rings. The number of benzene rings is 4. The van der Waals surface area contributed by atoms with Gasteiger partial charge < -0.3 is 51.0 Å². The van der Waals surface area contributed by atoms with Crippen molar-refractivity contribution in [1.82, 2.24) is 4.90 Å². The molecular weight excluding hydrogens is 648 g/mol. The van der Waals surface area contributed by atoms with Gasteiger partial charge in [0.05, 0.1) is 25.2 Å². The zero-order chi connectivity index (χ0) is 32.5. The van der Waals surface area contributed by atoms with Crippen molar-refractivity contribution in [1.29, 1.82) is 0 Å². The Morgan fingerprint density at radius 2 is 1.43 bits per heavy atom. The van der Waals surface area contributed by atoms with Crippen molar-refractivity contribution in [2.75, 3.05) is 34.4 Å². The maximum Gasteiger partial charge on any atom is 0.231 e. The number of aromatic nitrogens is 1. The van der Waals surface area contributed by atoms with Crippen LogP contribution in [0.4, 0.5) is 0 Å². The van der Waals surface area contributed by atoms with Crippen molar-refractivity contribution in [2.45, 2.75) is 38.4 Å². The fourth-order valence-electron chi connectivity index (χ4n) is 7.74. The molecule has 0 amide bonds. The Bertz CT molecular complexity index is 2140. The molecule has 0 bridgehead atoms. The predicted octanol–water partition coefficient (Wildman–Crippen LogP) is 2.58. The fourth-order valence-corrected chi connectivity index (χ4v) is 7.74. The molecule has 0 saturated carbocycles. The predicted molar refractivity (Wildman–Crippen MR) is 175 cm³/mol. The van der Waals surface area contributed by atoms with Gasteiger partial charge in [0, 0.05) is 37.2 Å². The number of hydrogen-bond acceptors (Lipinski definition) is 9. The number of pyridine rings is 1. The lowest BCUT2D eigenvalue weighted by atomic mass is 9.83. The highest BCUT2D eigenvalue weighted by molar-refractivity contribution is 5.91. The van der Waals surface area contributed by atoms with Gasteiger partial charge in [-0.25, -0.2) is 0 Å². The number of rotatable bonds is 2. The van der Waals surface area contributed by atoms with E-state index in [9.17, 15) is 10.2 Å². The van der Waals surface area contributed by atoms with Gasteiger partial charge in [-0.15, -0.1) is 0 Å². The van der Waals surface area contributed by atoms with Gasteiger partial charge in [0.2, 0.25) is 19.3 Å². The van der Waals surface area contributed by atoms with Crippen LogP contribution in [-0.4, -0.2) is 49.5 Å². The zero-order valence-electron chi connectivity index (χ0n) is 27.1. The SMILES string of the molecule is COc1ccc2c(c1O)CN1CCc3cc4c(cc3C1C2)OCO4.COc1ccc2cc3[n+](cc2c1O)CCc1cc2c(cc1-3)OCO2.[Cl-]. The molecule has 5 aliphatic heterocycles. The molecule has 0 radical (unpaired) electrons. The number of phenols is 2. The second-order valence-corrected chi connectivity index (χ2v) is 12.7. The third-order valence-electron chi connectivity index (χ3n) is 10.3. The molecule has 4 aromatic carbocycles. The van der Waals surface area contributed by atoms with Crippen molar-refractivity contribution < 1.29 is 55.6 Å². The van der Waals surface area contributed by atoms with Gasteiger partial charge in [0.1, 0.15) is 0 Å². The van der Waals surface area contributed by atoms with Gasteiger partial charge in [-0.2, -0.15) is 4.57 Å². The number of aromatic hydroxyl groups is 2. The number of methoxy groups -OCH3 is 2. The van der Waals surface area contributed by atoms with E-state index >= 15 is 0 Å². The molecule has 0 spiro atoms. The molecule has 252 valence electrons. The quantitative estimate of drug-likeness (QED) is 0.272. The number of hydrogen-bond donors (Lipinski definition) is 2. The first-order valence-electron chi connectivity index (χ1n) is 16.2. The first kappa shape index (κ1) is 31.2. The Morgan fingerprint density at radius 3 is 2.18 bits per heavy atom. The van der Waals surface area contributed by atoms with Crippen LogP contribution in [0.5, 0.6) is 46.0 Å². The van der Waals surface area contributed by atoms with Crippen LogP contribution in [0.3, 0.4) is 0 Å². The summed E-state index contributed by atoms with van der Waals surface area (Å²) in [6, 6.07) is 18.5. The van der Waals surface area contributed by atoms with E-state index in [1.807, 2.05) is 18.3 Å². The molecule has 10 nitrogen and oxygen atoms in total. The summed E-state index contributed by atoms with van der Waals surface area (Å²) in [6.45, 7) is 3.17. The Morgan fingerprint density at radius 1 is 0.755 bits per heavy atom. The van der Waals surface area contributed by atoms with E-state index in [0.29, 0.717) is 24.3 Å². The summed E-state index contributed by atoms with van der Waals surface area (Å²) < 4.78 is 34.7. The van der Waals surface area contributed by atoms with Crippen LogP contribution in [0, 0.1) is 0 Å². The van der Waals surface area contributed by atoms with Gasteiger partial charge in [-0.05, 0) is 82.9 Å². The average molecular weight is 683 g/mol. The molecule has 0 aliphatic carbocycles.